The number of hydrogen-bond donors (Lipinski definition) is 1. The van der Waals surface area contributed by atoms with Gasteiger partial charge in [0.2, 0.25) is 0 Å². The smallest absolute Gasteiger partial charge is 0.259 e. The van der Waals surface area contributed by atoms with E-state index in [9.17, 15) is 4.79 Å². The summed E-state index contributed by atoms with van der Waals surface area (Å²) in [6.07, 6.45) is 8.31. The van der Waals surface area contributed by atoms with Crippen molar-refractivity contribution in [2.75, 3.05) is 5.32 Å². The first-order chi connectivity index (χ1) is 10.2. The molecule has 3 heterocycles. The van der Waals surface area contributed by atoms with Gasteiger partial charge in [0.15, 0.2) is 0 Å². The van der Waals surface area contributed by atoms with Crippen LogP contribution >= 0.6 is 0 Å². The summed E-state index contributed by atoms with van der Waals surface area (Å²) in [5.41, 5.74) is 2.69. The number of amides is 1. The summed E-state index contributed by atoms with van der Waals surface area (Å²) in [5.74, 6) is -0.207. The molecule has 0 fully saturated rings. The molecule has 3 aromatic rings. The lowest BCUT2D eigenvalue weighted by Gasteiger charge is -2.04. The fourth-order valence-electron chi connectivity index (χ4n) is 2.01. The van der Waals surface area contributed by atoms with Crippen molar-refractivity contribution in [3.8, 4) is 11.3 Å². The van der Waals surface area contributed by atoms with Crippen molar-refractivity contribution in [3.05, 3.63) is 60.8 Å². The zero-order valence-electron chi connectivity index (χ0n) is 11.4. The Morgan fingerprint density at radius 3 is 2.33 bits per heavy atom. The normalized spacial score (nSPS) is 10.3. The van der Waals surface area contributed by atoms with Gasteiger partial charge in [0, 0.05) is 49.3 Å². The molecule has 0 atom stereocenters. The van der Waals surface area contributed by atoms with Crippen LogP contribution in [0, 0.1) is 0 Å². The quantitative estimate of drug-likeness (QED) is 0.797. The van der Waals surface area contributed by atoms with Crippen LogP contribution in [0.1, 0.15) is 10.4 Å². The highest BCUT2D eigenvalue weighted by molar-refractivity contribution is 6.07. The number of nitrogens with zero attached hydrogens (tertiary/aromatic N) is 4. The maximum absolute atomic E-state index is 12.4. The standard InChI is InChI=1S/C15H13N5O/c1-20-10-13(14(19-20)11-2-6-16-7-3-11)15(21)18-12-4-8-17-9-5-12/h2-10H,1H3,(H,17,18,21). The Labute approximate surface area is 121 Å². The molecule has 1 amide bonds. The summed E-state index contributed by atoms with van der Waals surface area (Å²) >= 11 is 0. The van der Waals surface area contributed by atoms with Crippen molar-refractivity contribution >= 4 is 11.6 Å². The maximum Gasteiger partial charge on any atom is 0.259 e. The molecular weight excluding hydrogens is 266 g/mol. The topological polar surface area (TPSA) is 72.7 Å². The summed E-state index contributed by atoms with van der Waals surface area (Å²) < 4.78 is 1.62. The fourth-order valence-corrected chi connectivity index (χ4v) is 2.01. The lowest BCUT2D eigenvalue weighted by atomic mass is 10.1. The van der Waals surface area contributed by atoms with E-state index in [1.54, 1.807) is 54.8 Å². The third-order valence-electron chi connectivity index (χ3n) is 2.97. The van der Waals surface area contributed by atoms with E-state index in [4.69, 9.17) is 0 Å². The Morgan fingerprint density at radius 1 is 1.05 bits per heavy atom. The van der Waals surface area contributed by atoms with Crippen molar-refractivity contribution < 1.29 is 4.79 Å². The average Bonchev–Trinajstić information content (AvgIpc) is 2.91. The Kier molecular flexibility index (Phi) is 3.42. The first-order valence-corrected chi connectivity index (χ1v) is 6.39. The van der Waals surface area contributed by atoms with Crippen LogP contribution in [0.4, 0.5) is 5.69 Å². The summed E-state index contributed by atoms with van der Waals surface area (Å²) in [6, 6.07) is 7.12. The van der Waals surface area contributed by atoms with Crippen LogP contribution in [0.15, 0.2) is 55.2 Å². The molecule has 3 aromatic heterocycles. The highest BCUT2D eigenvalue weighted by atomic mass is 16.1. The summed E-state index contributed by atoms with van der Waals surface area (Å²) in [6.45, 7) is 0. The van der Waals surface area contributed by atoms with Gasteiger partial charge < -0.3 is 5.32 Å². The maximum atomic E-state index is 12.4. The number of nitrogens with one attached hydrogen (secondary N) is 1. The summed E-state index contributed by atoms with van der Waals surface area (Å²) in [4.78, 5) is 20.3. The fraction of sp³-hybridized carbons (Fsp3) is 0.0667. The second-order valence-electron chi connectivity index (χ2n) is 4.49. The lowest BCUT2D eigenvalue weighted by molar-refractivity contribution is 0.102. The molecule has 0 saturated heterocycles. The largest absolute Gasteiger partial charge is 0.322 e. The van der Waals surface area contributed by atoms with Gasteiger partial charge in [0.25, 0.3) is 5.91 Å². The Morgan fingerprint density at radius 2 is 1.67 bits per heavy atom. The molecule has 0 aromatic carbocycles. The molecule has 3 rings (SSSR count). The van der Waals surface area contributed by atoms with E-state index in [2.05, 4.69) is 20.4 Å². The van der Waals surface area contributed by atoms with Crippen molar-refractivity contribution in [2.24, 2.45) is 7.05 Å². The molecule has 0 unspecified atom stereocenters. The molecule has 1 N–H and O–H groups in total. The van der Waals surface area contributed by atoms with Crippen molar-refractivity contribution in [3.63, 3.8) is 0 Å². The average molecular weight is 279 g/mol. The highest BCUT2D eigenvalue weighted by Crippen LogP contribution is 2.22. The molecule has 0 aliphatic carbocycles. The van der Waals surface area contributed by atoms with E-state index < -0.39 is 0 Å². The van der Waals surface area contributed by atoms with Gasteiger partial charge in [-0.25, -0.2) is 0 Å². The molecule has 0 spiro atoms. The minimum absolute atomic E-state index is 0.207. The number of aromatic nitrogens is 4. The van der Waals surface area contributed by atoms with Gasteiger partial charge in [-0.05, 0) is 24.3 Å². The SMILES string of the molecule is Cn1cc(C(=O)Nc2ccncc2)c(-c2ccncc2)n1. The predicted octanol–water partition coefficient (Wildman–Crippen LogP) is 2.13. The van der Waals surface area contributed by atoms with Crippen molar-refractivity contribution in [1.82, 2.24) is 19.7 Å². The van der Waals surface area contributed by atoms with Gasteiger partial charge in [-0.2, -0.15) is 5.10 Å². The number of aryl methyl sites for hydroxylation is 1. The van der Waals surface area contributed by atoms with Gasteiger partial charge in [0.05, 0.1) is 5.56 Å². The van der Waals surface area contributed by atoms with Crippen LogP contribution < -0.4 is 5.32 Å². The Balaban J connectivity index is 1.94. The molecular formula is C15H13N5O. The van der Waals surface area contributed by atoms with Crippen LogP contribution in [0.5, 0.6) is 0 Å². The third-order valence-corrected chi connectivity index (χ3v) is 2.97. The zero-order chi connectivity index (χ0) is 14.7. The summed E-state index contributed by atoms with van der Waals surface area (Å²) in [7, 11) is 1.79. The van der Waals surface area contributed by atoms with Crippen LogP contribution in [-0.4, -0.2) is 25.7 Å². The molecule has 21 heavy (non-hydrogen) atoms. The molecule has 0 bridgehead atoms. The van der Waals surface area contributed by atoms with Gasteiger partial charge in [0.1, 0.15) is 5.69 Å². The minimum Gasteiger partial charge on any atom is -0.322 e. The number of rotatable bonds is 3. The predicted molar refractivity (Wildman–Crippen MR) is 78.6 cm³/mol. The molecule has 0 radical (unpaired) electrons. The zero-order valence-corrected chi connectivity index (χ0v) is 11.4. The number of carbonyl (C=O) groups excluding carboxylic acids is 1. The first kappa shape index (κ1) is 13.0. The van der Waals surface area contributed by atoms with Crippen molar-refractivity contribution in [2.45, 2.75) is 0 Å². The van der Waals surface area contributed by atoms with E-state index in [1.165, 1.54) is 0 Å². The van der Waals surface area contributed by atoms with E-state index in [1.807, 2.05) is 12.1 Å². The van der Waals surface area contributed by atoms with Crippen molar-refractivity contribution in [1.29, 1.82) is 0 Å². The second kappa shape index (κ2) is 5.54. The van der Waals surface area contributed by atoms with E-state index >= 15 is 0 Å². The summed E-state index contributed by atoms with van der Waals surface area (Å²) in [5, 5.41) is 7.19. The van der Waals surface area contributed by atoms with Gasteiger partial charge >= 0.3 is 0 Å². The van der Waals surface area contributed by atoms with Crippen LogP contribution in [-0.2, 0) is 7.05 Å². The van der Waals surface area contributed by atoms with E-state index in [-0.39, 0.29) is 5.91 Å². The number of carbonyl (C=O) groups is 1. The number of anilines is 1. The van der Waals surface area contributed by atoms with Gasteiger partial charge in [-0.15, -0.1) is 0 Å². The van der Waals surface area contributed by atoms with E-state index in [0.29, 0.717) is 16.9 Å². The molecule has 6 nitrogen and oxygen atoms in total. The minimum atomic E-state index is -0.207. The van der Waals surface area contributed by atoms with Crippen LogP contribution in [0.3, 0.4) is 0 Å². The molecule has 0 saturated carbocycles. The molecule has 6 heteroatoms. The van der Waals surface area contributed by atoms with Crippen LogP contribution in [0.25, 0.3) is 11.3 Å². The monoisotopic (exact) mass is 279 g/mol. The Bertz CT molecular complexity index is 752. The number of pyridine rings is 2. The highest BCUT2D eigenvalue weighted by Gasteiger charge is 2.17. The van der Waals surface area contributed by atoms with Crippen LogP contribution in [0.2, 0.25) is 0 Å². The lowest BCUT2D eigenvalue weighted by Crippen LogP contribution is -2.12. The molecule has 0 aliphatic heterocycles. The van der Waals surface area contributed by atoms with E-state index in [0.717, 1.165) is 5.56 Å². The number of hydrogen-bond acceptors (Lipinski definition) is 4. The Hall–Kier alpha value is -3.02. The van der Waals surface area contributed by atoms with Gasteiger partial charge in [-0.1, -0.05) is 0 Å². The second-order valence-corrected chi connectivity index (χ2v) is 4.49. The third kappa shape index (κ3) is 2.79. The molecule has 0 aliphatic rings. The van der Waals surface area contributed by atoms with Gasteiger partial charge in [-0.3, -0.25) is 19.4 Å². The first-order valence-electron chi connectivity index (χ1n) is 6.39. The molecule has 104 valence electrons.